The van der Waals surface area contributed by atoms with Crippen LogP contribution in [0.4, 0.5) is 0 Å². The third kappa shape index (κ3) is 4.71. The summed E-state index contributed by atoms with van der Waals surface area (Å²) < 4.78 is 0. The number of hydrogen-bond donors (Lipinski definition) is 2. The van der Waals surface area contributed by atoms with Crippen molar-refractivity contribution in [3.8, 4) is 0 Å². The summed E-state index contributed by atoms with van der Waals surface area (Å²) in [6, 6.07) is 0. The van der Waals surface area contributed by atoms with Gasteiger partial charge in [0.1, 0.15) is 0 Å². The number of halogens is 1. The highest BCUT2D eigenvalue weighted by Crippen LogP contribution is 2.08. The van der Waals surface area contributed by atoms with Crippen LogP contribution in [0.1, 0.15) is 22.6 Å². The molecule has 2 heterocycles. The van der Waals surface area contributed by atoms with E-state index < -0.39 is 0 Å². The van der Waals surface area contributed by atoms with Crippen LogP contribution >= 0.6 is 23.7 Å². The molecular formula is C11H18ClN3OS. The molecule has 0 aromatic carbocycles. The molecule has 0 spiro atoms. The minimum absolute atomic E-state index is 0. The quantitative estimate of drug-likeness (QED) is 0.797. The Kier molecular flexibility index (Phi) is 6.65. The lowest BCUT2D eigenvalue weighted by molar-refractivity contribution is 0.0989. The normalized spacial score (nSPS) is 19.6. The lowest BCUT2D eigenvalue weighted by atomic mass is 10.00. The maximum absolute atomic E-state index is 11.6. The van der Waals surface area contributed by atoms with Crippen LogP contribution < -0.4 is 10.6 Å². The molecule has 1 atom stereocenters. The average molecular weight is 276 g/mol. The number of hydrogen-bond acceptors (Lipinski definition) is 5. The topological polar surface area (TPSA) is 54.0 Å². The molecule has 0 amide bonds. The van der Waals surface area contributed by atoms with Gasteiger partial charge in [0, 0.05) is 11.6 Å². The molecule has 1 aliphatic rings. The Hall–Kier alpha value is -0.490. The highest BCUT2D eigenvalue weighted by molar-refractivity contribution is 7.11. The zero-order valence-electron chi connectivity index (χ0n) is 9.65. The third-order valence-electron chi connectivity index (χ3n) is 2.79. The fraction of sp³-hybridized carbons (Fsp3) is 0.636. The van der Waals surface area contributed by atoms with Crippen LogP contribution in [0.5, 0.6) is 0 Å². The van der Waals surface area contributed by atoms with Crippen molar-refractivity contribution in [3.05, 3.63) is 16.6 Å². The number of carbonyl (C=O) groups excluding carboxylic acids is 1. The molecule has 0 aliphatic carbocycles. The highest BCUT2D eigenvalue weighted by Gasteiger charge is 2.13. The summed E-state index contributed by atoms with van der Waals surface area (Å²) in [4.78, 5) is 15.6. The molecule has 4 nitrogen and oxygen atoms in total. The predicted molar refractivity (Wildman–Crippen MR) is 72.2 cm³/mol. The zero-order valence-corrected chi connectivity index (χ0v) is 11.3. The Morgan fingerprint density at radius 3 is 3.18 bits per heavy atom. The molecule has 1 aromatic rings. The summed E-state index contributed by atoms with van der Waals surface area (Å²) in [5.41, 5.74) is 0. The smallest absolute Gasteiger partial charge is 0.205 e. The van der Waals surface area contributed by atoms with Crippen molar-refractivity contribution in [2.24, 2.45) is 5.92 Å². The molecule has 0 radical (unpaired) electrons. The second kappa shape index (κ2) is 7.76. The van der Waals surface area contributed by atoms with Crippen LogP contribution in [0, 0.1) is 5.92 Å². The molecule has 1 fully saturated rings. The Labute approximate surface area is 112 Å². The minimum atomic E-state index is 0. The maximum Gasteiger partial charge on any atom is 0.205 e. The van der Waals surface area contributed by atoms with Gasteiger partial charge in [0.2, 0.25) is 5.78 Å². The van der Waals surface area contributed by atoms with Gasteiger partial charge >= 0.3 is 0 Å². The van der Waals surface area contributed by atoms with Gasteiger partial charge in [0.15, 0.2) is 5.01 Å². The lowest BCUT2D eigenvalue weighted by Crippen LogP contribution is -2.37. The maximum atomic E-state index is 11.6. The van der Waals surface area contributed by atoms with E-state index in [1.54, 1.807) is 6.20 Å². The third-order valence-corrected chi connectivity index (χ3v) is 3.60. The predicted octanol–water partition coefficient (Wildman–Crippen LogP) is 1.34. The van der Waals surface area contributed by atoms with E-state index >= 15 is 0 Å². The van der Waals surface area contributed by atoms with Crippen molar-refractivity contribution in [1.29, 1.82) is 0 Å². The molecule has 2 N–H and O–H groups in total. The van der Waals surface area contributed by atoms with Gasteiger partial charge in [-0.05, 0) is 38.4 Å². The van der Waals surface area contributed by atoms with Gasteiger partial charge in [0.05, 0.1) is 6.54 Å². The fourth-order valence-corrected chi connectivity index (χ4v) is 2.50. The van der Waals surface area contributed by atoms with Crippen molar-refractivity contribution in [1.82, 2.24) is 15.6 Å². The van der Waals surface area contributed by atoms with Crippen LogP contribution in [0.2, 0.25) is 0 Å². The van der Waals surface area contributed by atoms with Gasteiger partial charge in [-0.25, -0.2) is 4.98 Å². The minimum Gasteiger partial charge on any atom is -0.316 e. The van der Waals surface area contributed by atoms with Crippen LogP contribution in [0.15, 0.2) is 11.6 Å². The van der Waals surface area contributed by atoms with E-state index in [9.17, 15) is 4.79 Å². The molecule has 1 unspecified atom stereocenters. The monoisotopic (exact) mass is 275 g/mol. The number of rotatable bonds is 5. The van der Waals surface area contributed by atoms with Crippen LogP contribution in [-0.2, 0) is 0 Å². The average Bonchev–Trinajstić information content (AvgIpc) is 2.84. The number of piperidine rings is 1. The Bertz CT molecular complexity index is 325. The van der Waals surface area contributed by atoms with Crippen LogP contribution in [-0.4, -0.2) is 36.9 Å². The van der Waals surface area contributed by atoms with Crippen LogP contribution in [0.3, 0.4) is 0 Å². The van der Waals surface area contributed by atoms with Crippen molar-refractivity contribution in [2.45, 2.75) is 12.8 Å². The van der Waals surface area contributed by atoms with Gasteiger partial charge in [-0.1, -0.05) is 0 Å². The van der Waals surface area contributed by atoms with E-state index in [4.69, 9.17) is 0 Å². The molecule has 1 aromatic heterocycles. The van der Waals surface area contributed by atoms with Gasteiger partial charge in [-0.2, -0.15) is 0 Å². The number of thiazole rings is 1. The Morgan fingerprint density at radius 1 is 1.65 bits per heavy atom. The molecule has 1 saturated heterocycles. The summed E-state index contributed by atoms with van der Waals surface area (Å²) in [6.45, 7) is 3.53. The van der Waals surface area contributed by atoms with Gasteiger partial charge in [-0.3, -0.25) is 4.79 Å². The van der Waals surface area contributed by atoms with E-state index in [0.717, 1.165) is 19.6 Å². The second-order valence-corrected chi connectivity index (χ2v) is 5.00. The summed E-state index contributed by atoms with van der Waals surface area (Å²) in [7, 11) is 0. The Balaban J connectivity index is 0.00000144. The van der Waals surface area contributed by atoms with Crippen molar-refractivity contribution in [3.63, 3.8) is 0 Å². The summed E-state index contributed by atoms with van der Waals surface area (Å²) in [6.07, 6.45) is 4.17. The molecule has 96 valence electrons. The van der Waals surface area contributed by atoms with Crippen molar-refractivity contribution < 1.29 is 4.79 Å². The molecule has 0 saturated carbocycles. The second-order valence-electron chi connectivity index (χ2n) is 4.10. The number of aromatic nitrogens is 1. The summed E-state index contributed by atoms with van der Waals surface area (Å²) in [5, 5.41) is 9.02. The van der Waals surface area contributed by atoms with Crippen LogP contribution in [0.25, 0.3) is 0 Å². The van der Waals surface area contributed by atoms with E-state index in [1.807, 2.05) is 5.38 Å². The van der Waals surface area contributed by atoms with E-state index in [-0.39, 0.29) is 18.2 Å². The number of nitrogens with one attached hydrogen (secondary N) is 2. The Morgan fingerprint density at radius 2 is 2.53 bits per heavy atom. The standard InChI is InChI=1S/C11H17N3OS.ClH/c15-10(11-14-4-5-16-11)8-13-7-9-2-1-3-12-6-9;/h4-5,9,12-13H,1-3,6-8H2;1H. The zero-order chi connectivity index (χ0) is 11.2. The van der Waals surface area contributed by atoms with E-state index in [2.05, 4.69) is 15.6 Å². The fourth-order valence-electron chi connectivity index (χ4n) is 1.92. The first-order valence-electron chi connectivity index (χ1n) is 5.70. The first-order chi connectivity index (χ1) is 7.86. The number of nitrogens with zero attached hydrogens (tertiary/aromatic N) is 1. The lowest BCUT2D eigenvalue weighted by Gasteiger charge is -2.22. The number of carbonyl (C=O) groups is 1. The molecule has 17 heavy (non-hydrogen) atoms. The first kappa shape index (κ1) is 14.6. The SMILES string of the molecule is Cl.O=C(CNCC1CCCNC1)c1nccs1. The van der Waals surface area contributed by atoms with Gasteiger partial charge < -0.3 is 10.6 Å². The summed E-state index contributed by atoms with van der Waals surface area (Å²) >= 11 is 1.40. The molecule has 0 bridgehead atoms. The van der Waals surface area contributed by atoms with Gasteiger partial charge in [-0.15, -0.1) is 23.7 Å². The van der Waals surface area contributed by atoms with Crippen molar-refractivity contribution >= 4 is 29.5 Å². The molecule has 6 heteroatoms. The van der Waals surface area contributed by atoms with Crippen molar-refractivity contribution in [2.75, 3.05) is 26.2 Å². The summed E-state index contributed by atoms with van der Waals surface area (Å²) in [5.74, 6) is 0.761. The first-order valence-corrected chi connectivity index (χ1v) is 6.58. The van der Waals surface area contributed by atoms with Gasteiger partial charge in [0.25, 0.3) is 0 Å². The molecular weight excluding hydrogens is 258 g/mol. The molecule has 2 rings (SSSR count). The molecule has 1 aliphatic heterocycles. The largest absolute Gasteiger partial charge is 0.316 e. The highest BCUT2D eigenvalue weighted by atomic mass is 35.5. The number of Topliss-reactive ketones (excluding diaryl/α,β-unsaturated/α-hetero) is 1. The number of ketones is 1. The van der Waals surface area contributed by atoms with E-state index in [1.165, 1.54) is 24.2 Å². The van der Waals surface area contributed by atoms with E-state index in [0.29, 0.717) is 17.5 Å².